The molecule has 0 bridgehead atoms. The van der Waals surface area contributed by atoms with Crippen LogP contribution < -0.4 is 5.32 Å². The second-order valence-electron chi connectivity index (χ2n) is 3.88. The second-order valence-corrected chi connectivity index (χ2v) is 3.88. The highest BCUT2D eigenvalue weighted by atomic mass is 15.2. The van der Waals surface area contributed by atoms with Crippen molar-refractivity contribution in [2.45, 2.75) is 38.3 Å². The Kier molecular flexibility index (Phi) is 2.14. The summed E-state index contributed by atoms with van der Waals surface area (Å²) in [6.45, 7) is 6.06. The van der Waals surface area contributed by atoms with E-state index < -0.39 is 0 Å². The summed E-state index contributed by atoms with van der Waals surface area (Å²) < 4.78 is 0. The second kappa shape index (κ2) is 3.11. The first kappa shape index (κ1) is 7.56. The summed E-state index contributed by atoms with van der Waals surface area (Å²) in [4.78, 5) is 2.68. The molecule has 2 rings (SSSR count). The van der Waals surface area contributed by atoms with Gasteiger partial charge in [0.2, 0.25) is 0 Å². The quantitative estimate of drug-likeness (QED) is 0.556. The summed E-state index contributed by atoms with van der Waals surface area (Å²) in [7, 11) is 0. The molecule has 0 aliphatic carbocycles. The molecular formula is C9H18N2. The number of hydrogen-bond donors (Lipinski definition) is 1. The maximum absolute atomic E-state index is 3.46. The SMILES string of the molecule is C[C@H]1CCC[C@H]2CNCCN21. The van der Waals surface area contributed by atoms with E-state index in [-0.39, 0.29) is 0 Å². The highest BCUT2D eigenvalue weighted by Crippen LogP contribution is 2.23. The van der Waals surface area contributed by atoms with E-state index in [0.717, 1.165) is 12.1 Å². The van der Waals surface area contributed by atoms with Gasteiger partial charge in [-0.25, -0.2) is 0 Å². The maximum Gasteiger partial charge on any atom is 0.0224 e. The molecule has 0 radical (unpaired) electrons. The molecule has 2 fully saturated rings. The lowest BCUT2D eigenvalue weighted by Crippen LogP contribution is -2.56. The molecular weight excluding hydrogens is 136 g/mol. The molecule has 11 heavy (non-hydrogen) atoms. The Balaban J connectivity index is 1.99. The molecule has 0 aromatic rings. The molecule has 0 amide bonds. The molecule has 0 unspecified atom stereocenters. The minimum atomic E-state index is 0.843. The van der Waals surface area contributed by atoms with Crippen molar-refractivity contribution >= 4 is 0 Å². The lowest BCUT2D eigenvalue weighted by molar-refractivity contribution is 0.0717. The van der Waals surface area contributed by atoms with Crippen LogP contribution in [0.4, 0.5) is 0 Å². The van der Waals surface area contributed by atoms with Crippen LogP contribution in [0.3, 0.4) is 0 Å². The van der Waals surface area contributed by atoms with Gasteiger partial charge in [0.05, 0.1) is 0 Å². The number of hydrogen-bond acceptors (Lipinski definition) is 2. The average Bonchev–Trinajstić information content (AvgIpc) is 2.06. The molecule has 2 saturated heterocycles. The molecule has 2 heteroatoms. The van der Waals surface area contributed by atoms with E-state index in [1.807, 2.05) is 0 Å². The largest absolute Gasteiger partial charge is 0.314 e. The number of nitrogens with zero attached hydrogens (tertiary/aromatic N) is 1. The topological polar surface area (TPSA) is 15.3 Å². The van der Waals surface area contributed by atoms with Crippen molar-refractivity contribution in [1.82, 2.24) is 10.2 Å². The normalized spacial score (nSPS) is 40.1. The van der Waals surface area contributed by atoms with Crippen molar-refractivity contribution in [1.29, 1.82) is 0 Å². The Morgan fingerprint density at radius 1 is 1.36 bits per heavy atom. The average molecular weight is 154 g/mol. The Labute approximate surface area is 69.0 Å². The molecule has 2 atom stereocenters. The minimum Gasteiger partial charge on any atom is -0.314 e. The van der Waals surface area contributed by atoms with E-state index in [1.165, 1.54) is 38.9 Å². The molecule has 2 nitrogen and oxygen atoms in total. The van der Waals surface area contributed by atoms with E-state index >= 15 is 0 Å². The lowest BCUT2D eigenvalue weighted by Gasteiger charge is -2.43. The molecule has 0 aromatic carbocycles. The van der Waals surface area contributed by atoms with Crippen LogP contribution in [-0.2, 0) is 0 Å². The third kappa shape index (κ3) is 1.42. The van der Waals surface area contributed by atoms with Gasteiger partial charge in [-0.3, -0.25) is 4.90 Å². The number of fused-ring (bicyclic) bond motifs is 1. The summed E-state index contributed by atoms with van der Waals surface area (Å²) in [6, 6.07) is 1.70. The van der Waals surface area contributed by atoms with Crippen molar-refractivity contribution in [2.75, 3.05) is 19.6 Å². The first-order valence-corrected chi connectivity index (χ1v) is 4.84. The number of rotatable bonds is 0. The minimum absolute atomic E-state index is 0.843. The number of piperidine rings is 1. The molecule has 0 saturated carbocycles. The molecule has 2 aliphatic rings. The van der Waals surface area contributed by atoms with Crippen LogP contribution in [0.15, 0.2) is 0 Å². The first-order chi connectivity index (χ1) is 5.38. The van der Waals surface area contributed by atoms with E-state index in [9.17, 15) is 0 Å². The summed E-state index contributed by atoms with van der Waals surface area (Å²) >= 11 is 0. The fraction of sp³-hybridized carbons (Fsp3) is 1.00. The van der Waals surface area contributed by atoms with Gasteiger partial charge in [0.1, 0.15) is 0 Å². The van der Waals surface area contributed by atoms with Gasteiger partial charge in [-0.15, -0.1) is 0 Å². The van der Waals surface area contributed by atoms with Crippen molar-refractivity contribution < 1.29 is 0 Å². The predicted octanol–water partition coefficient (Wildman–Crippen LogP) is 0.833. The van der Waals surface area contributed by atoms with E-state index in [1.54, 1.807) is 0 Å². The van der Waals surface area contributed by atoms with Crippen LogP contribution in [0.5, 0.6) is 0 Å². The molecule has 0 aromatic heterocycles. The third-order valence-electron chi connectivity index (χ3n) is 3.12. The Bertz CT molecular complexity index is 134. The van der Waals surface area contributed by atoms with E-state index in [0.29, 0.717) is 0 Å². The van der Waals surface area contributed by atoms with Gasteiger partial charge in [-0.1, -0.05) is 6.42 Å². The van der Waals surface area contributed by atoms with Gasteiger partial charge >= 0.3 is 0 Å². The van der Waals surface area contributed by atoms with Gasteiger partial charge in [0, 0.05) is 31.7 Å². The van der Waals surface area contributed by atoms with Crippen LogP contribution in [-0.4, -0.2) is 36.6 Å². The Morgan fingerprint density at radius 2 is 2.27 bits per heavy atom. The summed E-state index contributed by atoms with van der Waals surface area (Å²) in [5.41, 5.74) is 0. The van der Waals surface area contributed by atoms with E-state index in [2.05, 4.69) is 17.1 Å². The van der Waals surface area contributed by atoms with Crippen molar-refractivity contribution in [3.05, 3.63) is 0 Å². The first-order valence-electron chi connectivity index (χ1n) is 4.84. The number of piperazine rings is 1. The molecule has 1 N–H and O–H groups in total. The third-order valence-corrected chi connectivity index (χ3v) is 3.12. The summed E-state index contributed by atoms with van der Waals surface area (Å²) in [5, 5.41) is 3.46. The summed E-state index contributed by atoms with van der Waals surface area (Å²) in [6.07, 6.45) is 4.26. The van der Waals surface area contributed by atoms with Gasteiger partial charge in [-0.2, -0.15) is 0 Å². The van der Waals surface area contributed by atoms with Crippen LogP contribution in [0.1, 0.15) is 26.2 Å². The van der Waals surface area contributed by atoms with Gasteiger partial charge in [-0.05, 0) is 19.8 Å². The van der Waals surface area contributed by atoms with E-state index in [4.69, 9.17) is 0 Å². The van der Waals surface area contributed by atoms with Crippen LogP contribution in [0.25, 0.3) is 0 Å². The molecule has 64 valence electrons. The molecule has 2 aliphatic heterocycles. The molecule has 2 heterocycles. The standard InChI is InChI=1S/C9H18N2/c1-8-3-2-4-9-7-10-5-6-11(8)9/h8-10H,2-7H2,1H3/t8-,9-/m0/s1. The highest BCUT2D eigenvalue weighted by molar-refractivity contribution is 4.86. The van der Waals surface area contributed by atoms with Crippen LogP contribution in [0, 0.1) is 0 Å². The summed E-state index contributed by atoms with van der Waals surface area (Å²) in [5.74, 6) is 0. The predicted molar refractivity (Wildman–Crippen MR) is 46.7 cm³/mol. The number of nitrogens with one attached hydrogen (secondary N) is 1. The Morgan fingerprint density at radius 3 is 3.09 bits per heavy atom. The lowest BCUT2D eigenvalue weighted by atomic mass is 9.95. The zero-order valence-corrected chi connectivity index (χ0v) is 7.34. The molecule has 0 spiro atoms. The zero-order chi connectivity index (χ0) is 7.68. The van der Waals surface area contributed by atoms with Crippen LogP contribution >= 0.6 is 0 Å². The van der Waals surface area contributed by atoms with Crippen molar-refractivity contribution in [2.24, 2.45) is 0 Å². The fourth-order valence-corrected chi connectivity index (χ4v) is 2.44. The van der Waals surface area contributed by atoms with Gasteiger partial charge in [0.25, 0.3) is 0 Å². The van der Waals surface area contributed by atoms with Crippen LogP contribution in [0.2, 0.25) is 0 Å². The van der Waals surface area contributed by atoms with Crippen molar-refractivity contribution in [3.63, 3.8) is 0 Å². The monoisotopic (exact) mass is 154 g/mol. The fourth-order valence-electron chi connectivity index (χ4n) is 2.44. The van der Waals surface area contributed by atoms with Gasteiger partial charge < -0.3 is 5.32 Å². The van der Waals surface area contributed by atoms with Crippen molar-refractivity contribution in [3.8, 4) is 0 Å². The van der Waals surface area contributed by atoms with Gasteiger partial charge in [0.15, 0.2) is 0 Å². The Hall–Kier alpha value is -0.0800. The smallest absolute Gasteiger partial charge is 0.0224 e. The highest BCUT2D eigenvalue weighted by Gasteiger charge is 2.29. The maximum atomic E-state index is 3.46. The zero-order valence-electron chi connectivity index (χ0n) is 7.34.